The molecular formula is C26H27FN8O. The van der Waals surface area contributed by atoms with Gasteiger partial charge in [-0.15, -0.1) is 0 Å². The fourth-order valence-corrected chi connectivity index (χ4v) is 4.99. The molecule has 0 bridgehead atoms. The number of carbonyl (C=O) groups excluding carboxylic acids is 1. The molecule has 1 saturated heterocycles. The van der Waals surface area contributed by atoms with E-state index >= 15 is 0 Å². The summed E-state index contributed by atoms with van der Waals surface area (Å²) in [6.45, 7) is 3.69. The number of piperidine rings is 1. The number of pyridine rings is 1. The Hall–Kier alpha value is -4.05. The summed E-state index contributed by atoms with van der Waals surface area (Å²) in [6, 6.07) is 11.2. The third-order valence-electron chi connectivity index (χ3n) is 6.78. The first-order valence-corrected chi connectivity index (χ1v) is 12.2. The maximum absolute atomic E-state index is 14.4. The maximum atomic E-state index is 14.4. The number of anilines is 1. The van der Waals surface area contributed by atoms with Gasteiger partial charge in [-0.3, -0.25) is 18.6 Å². The van der Waals surface area contributed by atoms with Crippen molar-refractivity contribution < 1.29 is 9.18 Å². The highest BCUT2D eigenvalue weighted by atomic mass is 19.1. The van der Waals surface area contributed by atoms with Gasteiger partial charge in [-0.1, -0.05) is 19.1 Å². The molecule has 1 fully saturated rings. The van der Waals surface area contributed by atoms with Gasteiger partial charge in [0.2, 0.25) is 0 Å². The normalized spacial score (nSPS) is 18.2. The molecule has 5 heterocycles. The van der Waals surface area contributed by atoms with E-state index in [0.717, 1.165) is 28.7 Å². The van der Waals surface area contributed by atoms with Gasteiger partial charge in [0.1, 0.15) is 17.5 Å². The number of nitrogens with zero attached hydrogens (tertiary/aromatic N) is 6. The molecule has 10 heteroatoms. The van der Waals surface area contributed by atoms with Crippen LogP contribution in [0.5, 0.6) is 0 Å². The first-order valence-electron chi connectivity index (χ1n) is 12.2. The van der Waals surface area contributed by atoms with Gasteiger partial charge in [0, 0.05) is 29.9 Å². The Bertz CT molecular complexity index is 1550. The Labute approximate surface area is 206 Å². The summed E-state index contributed by atoms with van der Waals surface area (Å²) in [4.78, 5) is 17.5. The molecule has 36 heavy (non-hydrogen) atoms. The van der Waals surface area contributed by atoms with Crippen LogP contribution < -0.4 is 10.6 Å². The highest BCUT2D eigenvalue weighted by molar-refractivity contribution is 6.08. The second-order valence-electron chi connectivity index (χ2n) is 9.09. The number of carbonyl (C=O) groups is 1. The lowest BCUT2D eigenvalue weighted by Gasteiger charge is -2.26. The van der Waals surface area contributed by atoms with Crippen LogP contribution in [0.25, 0.3) is 16.6 Å². The van der Waals surface area contributed by atoms with Gasteiger partial charge in [-0.2, -0.15) is 10.2 Å². The number of rotatable bonds is 6. The highest BCUT2D eigenvalue weighted by Gasteiger charge is 2.27. The number of aryl methyl sites for hydroxylation is 1. The third-order valence-corrected chi connectivity index (χ3v) is 6.78. The molecule has 2 atom stereocenters. The Kier molecular flexibility index (Phi) is 5.73. The van der Waals surface area contributed by atoms with E-state index in [4.69, 9.17) is 5.10 Å². The van der Waals surface area contributed by atoms with Crippen molar-refractivity contribution in [2.45, 2.75) is 38.5 Å². The van der Waals surface area contributed by atoms with E-state index in [1.165, 1.54) is 0 Å². The van der Waals surface area contributed by atoms with Crippen molar-refractivity contribution in [2.24, 2.45) is 0 Å². The molecule has 1 aromatic carbocycles. The Morgan fingerprint density at radius 3 is 3.00 bits per heavy atom. The van der Waals surface area contributed by atoms with Gasteiger partial charge < -0.3 is 10.6 Å². The molecule has 4 aromatic heterocycles. The maximum Gasteiger partial charge on any atom is 0.274 e. The molecule has 0 aliphatic carbocycles. The van der Waals surface area contributed by atoms with Crippen LogP contribution in [0.1, 0.15) is 41.1 Å². The minimum absolute atomic E-state index is 0.236. The summed E-state index contributed by atoms with van der Waals surface area (Å²) in [5.74, 6) is -0.236. The first-order chi connectivity index (χ1) is 17.6. The van der Waals surface area contributed by atoms with Crippen LogP contribution in [0.3, 0.4) is 0 Å². The smallest absolute Gasteiger partial charge is 0.274 e. The molecule has 1 amide bonds. The molecular weight excluding hydrogens is 459 g/mol. The molecule has 1 aliphatic heterocycles. The average Bonchev–Trinajstić information content (AvgIpc) is 3.62. The molecule has 5 aromatic rings. The van der Waals surface area contributed by atoms with Crippen molar-refractivity contribution >= 4 is 28.1 Å². The van der Waals surface area contributed by atoms with Gasteiger partial charge in [0.25, 0.3) is 5.91 Å². The topological polar surface area (TPSA) is 94.1 Å². The lowest BCUT2D eigenvalue weighted by atomic mass is 10.1. The molecule has 0 radical (unpaired) electrons. The summed E-state index contributed by atoms with van der Waals surface area (Å²) >= 11 is 0. The van der Waals surface area contributed by atoms with Gasteiger partial charge in [-0.25, -0.2) is 9.37 Å². The SMILES string of the molecule is CCc1nn(Cc2cnn([C@@H]3CCNC[C@H]3F)c2)c2cccc(NC(=O)c3cnc4ccccn34)c12. The van der Waals surface area contributed by atoms with Gasteiger partial charge >= 0.3 is 0 Å². The fourth-order valence-electron chi connectivity index (χ4n) is 4.99. The molecule has 1 aliphatic rings. The van der Waals surface area contributed by atoms with Crippen LogP contribution in [0, 0.1) is 0 Å². The number of hydrogen-bond acceptors (Lipinski definition) is 5. The van der Waals surface area contributed by atoms with E-state index in [1.54, 1.807) is 21.5 Å². The Morgan fingerprint density at radius 2 is 2.14 bits per heavy atom. The van der Waals surface area contributed by atoms with Crippen molar-refractivity contribution in [3.63, 3.8) is 0 Å². The Balaban J connectivity index is 1.30. The van der Waals surface area contributed by atoms with Crippen molar-refractivity contribution in [3.8, 4) is 0 Å². The zero-order valence-electron chi connectivity index (χ0n) is 19.9. The third kappa shape index (κ3) is 3.93. The monoisotopic (exact) mass is 486 g/mol. The van der Waals surface area contributed by atoms with Gasteiger partial charge in [0.15, 0.2) is 0 Å². The largest absolute Gasteiger partial charge is 0.320 e. The van der Waals surface area contributed by atoms with Crippen LogP contribution in [0.2, 0.25) is 0 Å². The first kappa shape index (κ1) is 22.4. The van der Waals surface area contributed by atoms with E-state index in [-0.39, 0.29) is 11.9 Å². The number of fused-ring (bicyclic) bond motifs is 2. The van der Waals surface area contributed by atoms with E-state index in [0.29, 0.717) is 43.0 Å². The summed E-state index contributed by atoms with van der Waals surface area (Å²) in [7, 11) is 0. The summed E-state index contributed by atoms with van der Waals surface area (Å²) < 4.78 is 19.8. The minimum atomic E-state index is -0.956. The predicted octanol–water partition coefficient (Wildman–Crippen LogP) is 3.62. The number of nitrogens with one attached hydrogen (secondary N) is 2. The summed E-state index contributed by atoms with van der Waals surface area (Å²) in [6.07, 6.45) is 7.57. The molecule has 0 unspecified atom stereocenters. The number of amides is 1. The molecule has 2 N–H and O–H groups in total. The van der Waals surface area contributed by atoms with Crippen LogP contribution in [0.4, 0.5) is 10.1 Å². The van der Waals surface area contributed by atoms with Crippen LogP contribution in [-0.4, -0.2) is 54.1 Å². The summed E-state index contributed by atoms with van der Waals surface area (Å²) in [5.41, 5.74) is 4.65. The van der Waals surface area contributed by atoms with Crippen LogP contribution in [0.15, 0.2) is 61.2 Å². The van der Waals surface area contributed by atoms with E-state index in [1.807, 2.05) is 60.4 Å². The number of aromatic nitrogens is 6. The second-order valence-corrected chi connectivity index (χ2v) is 9.09. The standard InChI is InChI=1S/C26H27FN8O/c1-2-19-25-20(31-26(36)23-14-29-24-8-3-4-11-33(23)24)6-5-7-22(25)35(32-19)16-17-12-30-34(15-17)21-9-10-28-13-18(21)27/h3-8,11-12,14-15,18,21,28H,2,9-10,13,16H2,1H3,(H,31,36)/t18-,21-/m1/s1. The zero-order valence-corrected chi connectivity index (χ0v) is 19.9. The van der Waals surface area contributed by atoms with Crippen LogP contribution >= 0.6 is 0 Å². The molecule has 0 saturated carbocycles. The number of benzene rings is 1. The summed E-state index contributed by atoms with van der Waals surface area (Å²) in [5, 5.41) is 16.4. The van der Waals surface area contributed by atoms with Crippen molar-refractivity contribution in [1.82, 2.24) is 34.3 Å². The quantitative estimate of drug-likeness (QED) is 0.382. The molecule has 9 nitrogen and oxygen atoms in total. The van der Waals surface area contributed by atoms with Gasteiger partial charge in [-0.05, 0) is 43.7 Å². The number of imidazole rings is 1. The van der Waals surface area contributed by atoms with Crippen molar-refractivity contribution in [3.05, 3.63) is 78.1 Å². The predicted molar refractivity (Wildman–Crippen MR) is 135 cm³/mol. The molecule has 0 spiro atoms. The molecule has 184 valence electrons. The van der Waals surface area contributed by atoms with E-state index < -0.39 is 6.17 Å². The average molecular weight is 487 g/mol. The Morgan fingerprint density at radius 1 is 1.22 bits per heavy atom. The second kappa shape index (κ2) is 9.19. The lowest BCUT2D eigenvalue weighted by Crippen LogP contribution is -2.39. The molecule has 6 rings (SSSR count). The van der Waals surface area contributed by atoms with Crippen molar-refractivity contribution in [1.29, 1.82) is 0 Å². The van der Waals surface area contributed by atoms with E-state index in [9.17, 15) is 9.18 Å². The van der Waals surface area contributed by atoms with Crippen LogP contribution in [-0.2, 0) is 13.0 Å². The zero-order chi connectivity index (χ0) is 24.6. The van der Waals surface area contributed by atoms with Gasteiger partial charge in [0.05, 0.1) is 41.9 Å². The number of hydrogen-bond donors (Lipinski definition) is 2. The highest BCUT2D eigenvalue weighted by Crippen LogP contribution is 2.29. The minimum Gasteiger partial charge on any atom is -0.320 e. The number of alkyl halides is 1. The van der Waals surface area contributed by atoms with E-state index in [2.05, 4.69) is 20.7 Å². The fraction of sp³-hybridized carbons (Fsp3) is 0.308. The van der Waals surface area contributed by atoms with Crippen molar-refractivity contribution in [2.75, 3.05) is 18.4 Å². The lowest BCUT2D eigenvalue weighted by molar-refractivity contribution is 0.102. The number of halogens is 1.